The fourth-order valence-corrected chi connectivity index (χ4v) is 2.94. The van der Waals surface area contributed by atoms with Gasteiger partial charge >= 0.3 is 0 Å². The smallest absolute Gasteiger partial charge is 0.237 e. The van der Waals surface area contributed by atoms with Crippen molar-refractivity contribution in [3.8, 4) is 0 Å². The average Bonchev–Trinajstić information content (AvgIpc) is 2.62. The maximum absolute atomic E-state index is 11.5. The van der Waals surface area contributed by atoms with Gasteiger partial charge in [-0.15, -0.1) is 11.6 Å². The lowest BCUT2D eigenvalue weighted by atomic mass is 9.78. The largest absolute Gasteiger partial charge is 0.354 e. The van der Waals surface area contributed by atoms with Gasteiger partial charge in [0, 0.05) is 6.54 Å². The highest BCUT2D eigenvalue weighted by Crippen LogP contribution is 2.42. The standard InChI is InChI=1S/C13H24ClNO/c1-10(2)8-13(6-4-5-7-13)9-15-12(16)11(3)14/h10-11H,4-9H2,1-3H3,(H,15,16). The Kier molecular flexibility index (Phi) is 5.10. The van der Waals surface area contributed by atoms with E-state index in [9.17, 15) is 4.79 Å². The molecule has 0 aromatic heterocycles. The second kappa shape index (κ2) is 5.90. The molecule has 3 heteroatoms. The van der Waals surface area contributed by atoms with Gasteiger partial charge in [-0.3, -0.25) is 4.79 Å². The normalized spacial score (nSPS) is 21.1. The lowest BCUT2D eigenvalue weighted by molar-refractivity contribution is -0.121. The third-order valence-electron chi connectivity index (χ3n) is 3.50. The van der Waals surface area contributed by atoms with Gasteiger partial charge in [0.05, 0.1) is 0 Å². The molecule has 1 atom stereocenters. The maximum atomic E-state index is 11.5. The zero-order chi connectivity index (χ0) is 12.2. The van der Waals surface area contributed by atoms with Crippen LogP contribution in [0.5, 0.6) is 0 Å². The van der Waals surface area contributed by atoms with Gasteiger partial charge in [0.1, 0.15) is 5.38 Å². The van der Waals surface area contributed by atoms with E-state index in [-0.39, 0.29) is 5.91 Å². The molecule has 1 fully saturated rings. The van der Waals surface area contributed by atoms with Crippen molar-refractivity contribution >= 4 is 17.5 Å². The van der Waals surface area contributed by atoms with Crippen molar-refractivity contribution in [2.75, 3.05) is 6.54 Å². The van der Waals surface area contributed by atoms with Crippen LogP contribution < -0.4 is 5.32 Å². The Morgan fingerprint density at radius 3 is 2.31 bits per heavy atom. The van der Waals surface area contributed by atoms with E-state index < -0.39 is 5.38 Å². The van der Waals surface area contributed by atoms with Crippen LogP contribution >= 0.6 is 11.6 Å². The molecule has 1 unspecified atom stereocenters. The van der Waals surface area contributed by atoms with Crippen LogP contribution in [0.1, 0.15) is 52.9 Å². The summed E-state index contributed by atoms with van der Waals surface area (Å²) in [6, 6.07) is 0. The zero-order valence-electron chi connectivity index (χ0n) is 10.7. The summed E-state index contributed by atoms with van der Waals surface area (Å²) in [6.07, 6.45) is 6.33. The molecule has 1 rings (SSSR count). The molecule has 0 radical (unpaired) electrons. The predicted molar refractivity (Wildman–Crippen MR) is 68.7 cm³/mol. The predicted octanol–water partition coefficient (Wildman–Crippen LogP) is 3.34. The third kappa shape index (κ3) is 3.97. The Balaban J connectivity index is 2.48. The number of carbonyl (C=O) groups excluding carboxylic acids is 1. The molecule has 2 nitrogen and oxygen atoms in total. The summed E-state index contributed by atoms with van der Waals surface area (Å²) in [4.78, 5) is 11.5. The Hall–Kier alpha value is -0.240. The first-order valence-electron chi connectivity index (χ1n) is 6.37. The fraction of sp³-hybridized carbons (Fsp3) is 0.923. The number of nitrogens with one attached hydrogen (secondary N) is 1. The van der Waals surface area contributed by atoms with Gasteiger partial charge in [-0.2, -0.15) is 0 Å². The zero-order valence-corrected chi connectivity index (χ0v) is 11.4. The van der Waals surface area contributed by atoms with Crippen LogP contribution in [0.15, 0.2) is 0 Å². The van der Waals surface area contributed by atoms with Crippen LogP contribution in [0.2, 0.25) is 0 Å². The highest BCUT2D eigenvalue weighted by atomic mass is 35.5. The number of carbonyl (C=O) groups is 1. The Morgan fingerprint density at radius 1 is 1.31 bits per heavy atom. The van der Waals surface area contributed by atoms with E-state index in [0.29, 0.717) is 11.3 Å². The van der Waals surface area contributed by atoms with Gasteiger partial charge in [-0.05, 0) is 37.5 Å². The summed E-state index contributed by atoms with van der Waals surface area (Å²) in [7, 11) is 0. The van der Waals surface area contributed by atoms with E-state index in [2.05, 4.69) is 19.2 Å². The fourth-order valence-electron chi connectivity index (χ4n) is 2.86. The lowest BCUT2D eigenvalue weighted by Gasteiger charge is -2.31. The van der Waals surface area contributed by atoms with Gasteiger partial charge < -0.3 is 5.32 Å². The SMILES string of the molecule is CC(C)CC1(CNC(=O)C(C)Cl)CCCC1. The minimum Gasteiger partial charge on any atom is -0.354 e. The van der Waals surface area contributed by atoms with E-state index >= 15 is 0 Å². The van der Waals surface area contributed by atoms with E-state index in [0.717, 1.165) is 6.54 Å². The molecule has 0 heterocycles. The monoisotopic (exact) mass is 245 g/mol. The average molecular weight is 246 g/mol. The molecule has 0 saturated heterocycles. The number of halogens is 1. The van der Waals surface area contributed by atoms with Crippen LogP contribution in [0.25, 0.3) is 0 Å². The van der Waals surface area contributed by atoms with Gasteiger partial charge in [0.15, 0.2) is 0 Å². The second-order valence-corrected chi connectivity index (χ2v) is 6.29. The van der Waals surface area contributed by atoms with E-state index in [1.54, 1.807) is 6.92 Å². The van der Waals surface area contributed by atoms with Gasteiger partial charge in [-0.25, -0.2) is 0 Å². The first-order valence-corrected chi connectivity index (χ1v) is 6.81. The first-order chi connectivity index (χ1) is 7.45. The van der Waals surface area contributed by atoms with Crippen LogP contribution in [-0.2, 0) is 4.79 Å². The molecule has 1 aliphatic rings. The Bertz CT molecular complexity index is 232. The van der Waals surface area contributed by atoms with Crippen molar-refractivity contribution in [2.45, 2.75) is 58.3 Å². The van der Waals surface area contributed by atoms with E-state index in [1.165, 1.54) is 32.1 Å². The Morgan fingerprint density at radius 2 is 1.88 bits per heavy atom. The molecule has 0 aliphatic heterocycles. The summed E-state index contributed by atoms with van der Waals surface area (Å²) < 4.78 is 0. The van der Waals surface area contributed by atoms with Crippen LogP contribution in [0, 0.1) is 11.3 Å². The van der Waals surface area contributed by atoms with Crippen molar-refractivity contribution in [1.29, 1.82) is 0 Å². The van der Waals surface area contributed by atoms with Gasteiger partial charge in [-0.1, -0.05) is 26.7 Å². The van der Waals surface area contributed by atoms with E-state index in [1.807, 2.05) is 0 Å². The quantitative estimate of drug-likeness (QED) is 0.740. The van der Waals surface area contributed by atoms with Crippen LogP contribution in [0.4, 0.5) is 0 Å². The highest BCUT2D eigenvalue weighted by Gasteiger charge is 2.34. The summed E-state index contributed by atoms with van der Waals surface area (Å²) in [5.41, 5.74) is 0.343. The van der Waals surface area contributed by atoms with Gasteiger partial charge in [0.2, 0.25) is 5.91 Å². The molecule has 1 saturated carbocycles. The minimum atomic E-state index is -0.419. The third-order valence-corrected chi connectivity index (χ3v) is 3.70. The summed E-state index contributed by atoms with van der Waals surface area (Å²) in [6.45, 7) is 7.04. The van der Waals surface area contributed by atoms with Crippen molar-refractivity contribution in [2.24, 2.45) is 11.3 Å². The first kappa shape index (κ1) is 13.8. The minimum absolute atomic E-state index is 0.0308. The van der Waals surface area contributed by atoms with E-state index in [4.69, 9.17) is 11.6 Å². The molecule has 0 aromatic carbocycles. The summed E-state index contributed by atoms with van der Waals surface area (Å²) >= 11 is 5.75. The number of alkyl halides is 1. The summed E-state index contributed by atoms with van der Waals surface area (Å²) in [5, 5.41) is 2.58. The number of rotatable bonds is 5. The molecule has 0 spiro atoms. The van der Waals surface area contributed by atoms with Crippen LogP contribution in [0.3, 0.4) is 0 Å². The number of hydrogen-bond acceptors (Lipinski definition) is 1. The second-order valence-electron chi connectivity index (χ2n) is 5.64. The molecule has 1 amide bonds. The van der Waals surface area contributed by atoms with Crippen molar-refractivity contribution < 1.29 is 4.79 Å². The summed E-state index contributed by atoms with van der Waals surface area (Å²) in [5.74, 6) is 0.667. The molecular formula is C13H24ClNO. The molecule has 0 aromatic rings. The van der Waals surface area contributed by atoms with Crippen molar-refractivity contribution in [3.05, 3.63) is 0 Å². The molecule has 1 N–H and O–H groups in total. The van der Waals surface area contributed by atoms with Crippen molar-refractivity contribution in [3.63, 3.8) is 0 Å². The number of amides is 1. The molecule has 16 heavy (non-hydrogen) atoms. The maximum Gasteiger partial charge on any atom is 0.237 e. The molecule has 0 bridgehead atoms. The highest BCUT2D eigenvalue weighted by molar-refractivity contribution is 6.30. The lowest BCUT2D eigenvalue weighted by Crippen LogP contribution is -2.39. The topological polar surface area (TPSA) is 29.1 Å². The van der Waals surface area contributed by atoms with Gasteiger partial charge in [0.25, 0.3) is 0 Å². The Labute approximate surface area is 104 Å². The number of hydrogen-bond donors (Lipinski definition) is 1. The molecular weight excluding hydrogens is 222 g/mol. The molecule has 1 aliphatic carbocycles. The van der Waals surface area contributed by atoms with Crippen molar-refractivity contribution in [1.82, 2.24) is 5.32 Å². The van der Waals surface area contributed by atoms with Crippen LogP contribution in [-0.4, -0.2) is 17.8 Å². The molecule has 94 valence electrons.